The van der Waals surface area contributed by atoms with Gasteiger partial charge in [-0.1, -0.05) is 37.2 Å². The highest BCUT2D eigenvalue weighted by molar-refractivity contribution is 5.91. The van der Waals surface area contributed by atoms with Crippen molar-refractivity contribution in [2.45, 2.75) is 45.2 Å². The number of carbonyl (C=O) groups excluding carboxylic acids is 1. The third-order valence-electron chi connectivity index (χ3n) is 5.89. The maximum atomic E-state index is 12.9. The molecule has 0 saturated carbocycles. The van der Waals surface area contributed by atoms with Crippen molar-refractivity contribution in [1.29, 1.82) is 0 Å². The second-order valence-electron chi connectivity index (χ2n) is 8.69. The lowest BCUT2D eigenvalue weighted by molar-refractivity contribution is -0.137. The quantitative estimate of drug-likeness (QED) is 0.622. The SMILES string of the molecule is CC(C)c1cc(C(=O)N(C)CC2CCN(CCc3cccc(C(F)(F)F)c3)CC2)on1. The first-order chi connectivity index (χ1) is 14.6. The lowest BCUT2D eigenvalue weighted by Gasteiger charge is -2.33. The number of rotatable bonds is 7. The molecule has 0 radical (unpaired) electrons. The molecule has 0 aliphatic carbocycles. The number of amides is 1. The van der Waals surface area contributed by atoms with Crippen molar-refractivity contribution in [3.05, 3.63) is 52.9 Å². The van der Waals surface area contributed by atoms with E-state index >= 15 is 0 Å². The Morgan fingerprint density at radius 2 is 1.97 bits per heavy atom. The zero-order valence-electron chi connectivity index (χ0n) is 18.3. The zero-order chi connectivity index (χ0) is 22.6. The molecule has 1 aromatic heterocycles. The van der Waals surface area contributed by atoms with E-state index in [1.807, 2.05) is 13.8 Å². The van der Waals surface area contributed by atoms with Gasteiger partial charge in [-0.15, -0.1) is 0 Å². The van der Waals surface area contributed by atoms with Gasteiger partial charge < -0.3 is 14.3 Å². The van der Waals surface area contributed by atoms with E-state index in [0.717, 1.165) is 44.2 Å². The van der Waals surface area contributed by atoms with Crippen LogP contribution in [0.25, 0.3) is 0 Å². The lowest BCUT2D eigenvalue weighted by Crippen LogP contribution is -2.40. The molecule has 1 fully saturated rings. The van der Waals surface area contributed by atoms with E-state index in [0.29, 0.717) is 24.4 Å². The molecule has 2 heterocycles. The molecule has 2 aromatic rings. The van der Waals surface area contributed by atoms with Crippen molar-refractivity contribution in [2.24, 2.45) is 5.92 Å². The highest BCUT2D eigenvalue weighted by Crippen LogP contribution is 2.29. The summed E-state index contributed by atoms with van der Waals surface area (Å²) in [5, 5.41) is 3.95. The molecule has 8 heteroatoms. The molecule has 1 aliphatic rings. The number of aromatic nitrogens is 1. The molecule has 0 N–H and O–H groups in total. The number of carbonyl (C=O) groups is 1. The van der Waals surface area contributed by atoms with Crippen molar-refractivity contribution in [2.75, 3.05) is 33.2 Å². The normalized spacial score (nSPS) is 16.1. The second-order valence-corrected chi connectivity index (χ2v) is 8.69. The Morgan fingerprint density at radius 1 is 1.26 bits per heavy atom. The Morgan fingerprint density at radius 3 is 2.58 bits per heavy atom. The van der Waals surface area contributed by atoms with Crippen molar-refractivity contribution >= 4 is 5.91 Å². The molecular weight excluding hydrogens is 407 g/mol. The average Bonchev–Trinajstić information content (AvgIpc) is 3.23. The van der Waals surface area contributed by atoms with Gasteiger partial charge in [0.1, 0.15) is 0 Å². The van der Waals surface area contributed by atoms with Crippen molar-refractivity contribution in [3.8, 4) is 0 Å². The summed E-state index contributed by atoms with van der Waals surface area (Å²) in [5.41, 5.74) is 0.879. The topological polar surface area (TPSA) is 49.6 Å². The van der Waals surface area contributed by atoms with Crippen LogP contribution in [-0.4, -0.2) is 54.1 Å². The number of halogens is 3. The van der Waals surface area contributed by atoms with E-state index in [1.54, 1.807) is 24.1 Å². The summed E-state index contributed by atoms with van der Waals surface area (Å²) in [6, 6.07) is 7.27. The second kappa shape index (κ2) is 9.85. The number of hydrogen-bond acceptors (Lipinski definition) is 4. The van der Waals surface area contributed by atoms with Gasteiger partial charge in [0.25, 0.3) is 5.91 Å². The largest absolute Gasteiger partial charge is 0.416 e. The highest BCUT2D eigenvalue weighted by Gasteiger charge is 2.30. The molecule has 0 atom stereocenters. The van der Waals surface area contributed by atoms with Gasteiger partial charge in [-0.2, -0.15) is 13.2 Å². The summed E-state index contributed by atoms with van der Waals surface area (Å²) >= 11 is 0. The van der Waals surface area contributed by atoms with Gasteiger partial charge in [-0.05, 0) is 55.8 Å². The van der Waals surface area contributed by atoms with E-state index in [4.69, 9.17) is 4.52 Å². The Balaban J connectivity index is 1.43. The van der Waals surface area contributed by atoms with Crippen LogP contribution in [0, 0.1) is 5.92 Å². The van der Waals surface area contributed by atoms with Gasteiger partial charge in [0.2, 0.25) is 5.76 Å². The smallest absolute Gasteiger partial charge is 0.351 e. The Kier molecular flexibility index (Phi) is 7.41. The predicted molar refractivity (Wildman–Crippen MR) is 112 cm³/mol. The van der Waals surface area contributed by atoms with E-state index in [-0.39, 0.29) is 17.6 Å². The van der Waals surface area contributed by atoms with E-state index in [2.05, 4.69) is 10.1 Å². The van der Waals surface area contributed by atoms with E-state index < -0.39 is 11.7 Å². The van der Waals surface area contributed by atoms with Gasteiger partial charge in [0.15, 0.2) is 0 Å². The fourth-order valence-electron chi connectivity index (χ4n) is 3.90. The Hall–Kier alpha value is -2.35. The molecule has 3 rings (SSSR count). The number of benzene rings is 1. The summed E-state index contributed by atoms with van der Waals surface area (Å²) in [4.78, 5) is 16.5. The minimum atomic E-state index is -4.31. The summed E-state index contributed by atoms with van der Waals surface area (Å²) < 4.78 is 43.8. The lowest BCUT2D eigenvalue weighted by atomic mass is 9.95. The molecule has 1 amide bonds. The van der Waals surface area contributed by atoms with Crippen molar-refractivity contribution < 1.29 is 22.5 Å². The van der Waals surface area contributed by atoms with Crippen LogP contribution in [0.3, 0.4) is 0 Å². The van der Waals surface area contributed by atoms with Crippen LogP contribution in [0.1, 0.15) is 60.0 Å². The molecule has 1 saturated heterocycles. The van der Waals surface area contributed by atoms with Crippen LogP contribution in [0.4, 0.5) is 13.2 Å². The summed E-state index contributed by atoms with van der Waals surface area (Å²) in [7, 11) is 1.78. The summed E-state index contributed by atoms with van der Waals surface area (Å²) in [5.74, 6) is 0.707. The van der Waals surface area contributed by atoms with Gasteiger partial charge in [0.05, 0.1) is 11.3 Å². The summed E-state index contributed by atoms with van der Waals surface area (Å²) in [6.45, 7) is 7.14. The van der Waals surface area contributed by atoms with Crippen LogP contribution < -0.4 is 0 Å². The summed E-state index contributed by atoms with van der Waals surface area (Å²) in [6.07, 6.45) is -1.81. The zero-order valence-corrected chi connectivity index (χ0v) is 18.3. The molecule has 170 valence electrons. The number of alkyl halides is 3. The number of likely N-dealkylation sites (tertiary alicyclic amines) is 1. The maximum absolute atomic E-state index is 12.9. The van der Waals surface area contributed by atoms with Crippen LogP contribution in [0.5, 0.6) is 0 Å². The monoisotopic (exact) mass is 437 g/mol. The first kappa shape index (κ1) is 23.3. The van der Waals surface area contributed by atoms with Crippen molar-refractivity contribution in [1.82, 2.24) is 15.0 Å². The number of hydrogen-bond donors (Lipinski definition) is 0. The maximum Gasteiger partial charge on any atom is 0.416 e. The average molecular weight is 438 g/mol. The van der Waals surface area contributed by atoms with Crippen LogP contribution >= 0.6 is 0 Å². The third kappa shape index (κ3) is 6.32. The molecule has 5 nitrogen and oxygen atoms in total. The number of nitrogens with zero attached hydrogens (tertiary/aromatic N) is 3. The fourth-order valence-corrected chi connectivity index (χ4v) is 3.90. The van der Waals surface area contributed by atoms with Gasteiger partial charge in [-0.25, -0.2) is 0 Å². The van der Waals surface area contributed by atoms with E-state index in [9.17, 15) is 18.0 Å². The first-order valence-electron chi connectivity index (χ1n) is 10.7. The Labute approximate surface area is 181 Å². The van der Waals surface area contributed by atoms with Gasteiger partial charge >= 0.3 is 6.18 Å². The van der Waals surface area contributed by atoms with Crippen LogP contribution in [-0.2, 0) is 12.6 Å². The van der Waals surface area contributed by atoms with Crippen LogP contribution in [0.15, 0.2) is 34.9 Å². The highest BCUT2D eigenvalue weighted by atomic mass is 19.4. The Bertz CT molecular complexity index is 871. The molecule has 31 heavy (non-hydrogen) atoms. The molecule has 0 bridgehead atoms. The molecule has 0 unspecified atom stereocenters. The predicted octanol–water partition coefficient (Wildman–Crippen LogP) is 4.84. The minimum Gasteiger partial charge on any atom is -0.351 e. The van der Waals surface area contributed by atoms with E-state index in [1.165, 1.54) is 12.1 Å². The third-order valence-corrected chi connectivity index (χ3v) is 5.89. The van der Waals surface area contributed by atoms with Gasteiger partial charge in [0, 0.05) is 26.2 Å². The molecule has 1 aromatic carbocycles. The number of piperidine rings is 1. The molecular formula is C23H30F3N3O2. The molecule has 0 spiro atoms. The van der Waals surface area contributed by atoms with Gasteiger partial charge in [-0.3, -0.25) is 4.79 Å². The minimum absolute atomic E-state index is 0.161. The standard InChI is InChI=1S/C23H30F3N3O2/c1-16(2)20-14-21(31-27-20)22(30)28(3)15-18-8-11-29(12-9-18)10-7-17-5-4-6-19(13-17)23(24,25)26/h4-6,13-14,16,18H,7-12,15H2,1-3H3. The van der Waals surface area contributed by atoms with Crippen molar-refractivity contribution in [3.63, 3.8) is 0 Å². The van der Waals surface area contributed by atoms with Crippen LogP contribution in [0.2, 0.25) is 0 Å². The fraction of sp³-hybridized carbons (Fsp3) is 0.565. The first-order valence-corrected chi connectivity index (χ1v) is 10.7. The molecule has 1 aliphatic heterocycles.